The molecule has 0 radical (unpaired) electrons. The Balaban J connectivity index is 0.00000169. The van der Waals surface area contributed by atoms with Crippen molar-refractivity contribution in [3.63, 3.8) is 0 Å². The number of aromatic nitrogens is 1. The summed E-state index contributed by atoms with van der Waals surface area (Å²) in [5, 5.41) is 3.08. The van der Waals surface area contributed by atoms with Gasteiger partial charge in [-0.2, -0.15) is 0 Å². The molecule has 1 amide bonds. The zero-order valence-electron chi connectivity index (χ0n) is 14.6. The maximum atomic E-state index is 12.5. The van der Waals surface area contributed by atoms with E-state index in [1.165, 1.54) is 18.4 Å². The standard InChI is InChI=1S/C19H24N4O.2ClH/c20-13-17-12-16(8-9-21-17)19(24)22-14-18(23-10-4-5-11-23)15-6-2-1-3-7-15;;/h1-3,6-9,12,18H,4-5,10-11,13-14,20H2,(H,22,24);2*1H. The van der Waals surface area contributed by atoms with Crippen LogP contribution in [-0.4, -0.2) is 35.4 Å². The second kappa shape index (κ2) is 11.1. The fourth-order valence-electron chi connectivity index (χ4n) is 3.21. The Morgan fingerprint density at radius 3 is 2.50 bits per heavy atom. The van der Waals surface area contributed by atoms with E-state index >= 15 is 0 Å². The predicted octanol–water partition coefficient (Wildman–Crippen LogP) is 2.95. The van der Waals surface area contributed by atoms with Gasteiger partial charge in [0.05, 0.1) is 11.7 Å². The lowest BCUT2D eigenvalue weighted by molar-refractivity contribution is 0.0937. The van der Waals surface area contributed by atoms with Crippen LogP contribution >= 0.6 is 24.8 Å². The second-order valence-electron chi connectivity index (χ2n) is 6.12. The summed E-state index contributed by atoms with van der Waals surface area (Å²) in [6, 6.07) is 14.1. The summed E-state index contributed by atoms with van der Waals surface area (Å²) in [7, 11) is 0. The van der Waals surface area contributed by atoms with Crippen molar-refractivity contribution in [1.82, 2.24) is 15.2 Å². The van der Waals surface area contributed by atoms with E-state index in [4.69, 9.17) is 5.73 Å². The van der Waals surface area contributed by atoms with Crippen molar-refractivity contribution in [2.24, 2.45) is 5.73 Å². The van der Waals surface area contributed by atoms with Gasteiger partial charge in [-0.15, -0.1) is 24.8 Å². The number of pyridine rings is 1. The third kappa shape index (κ3) is 5.68. The Kier molecular flexibility index (Phi) is 9.59. The molecular weight excluding hydrogens is 371 g/mol. The zero-order chi connectivity index (χ0) is 16.8. The molecule has 1 unspecified atom stereocenters. The van der Waals surface area contributed by atoms with Gasteiger partial charge in [0.2, 0.25) is 0 Å². The zero-order valence-corrected chi connectivity index (χ0v) is 16.3. The highest BCUT2D eigenvalue weighted by molar-refractivity contribution is 5.94. The van der Waals surface area contributed by atoms with Crippen LogP contribution in [-0.2, 0) is 6.54 Å². The Labute approximate surface area is 167 Å². The van der Waals surface area contributed by atoms with Gasteiger partial charge in [0.25, 0.3) is 5.91 Å². The minimum atomic E-state index is -0.0766. The molecule has 1 atom stereocenters. The van der Waals surface area contributed by atoms with Crippen LogP contribution < -0.4 is 11.1 Å². The molecule has 5 nitrogen and oxygen atoms in total. The highest BCUT2D eigenvalue weighted by Crippen LogP contribution is 2.24. The number of nitrogens with two attached hydrogens (primary N) is 1. The summed E-state index contributed by atoms with van der Waals surface area (Å²) < 4.78 is 0. The first-order valence-corrected chi connectivity index (χ1v) is 8.50. The van der Waals surface area contributed by atoms with Crippen molar-refractivity contribution >= 4 is 30.7 Å². The summed E-state index contributed by atoms with van der Waals surface area (Å²) in [6.07, 6.45) is 4.08. The SMILES string of the molecule is Cl.Cl.NCc1cc(C(=O)NCC(c2ccccc2)N2CCCC2)ccn1. The molecule has 0 spiro atoms. The number of halogens is 2. The summed E-state index contributed by atoms with van der Waals surface area (Å²) in [4.78, 5) is 19.1. The monoisotopic (exact) mass is 396 g/mol. The molecule has 3 N–H and O–H groups in total. The Morgan fingerprint density at radius 1 is 1.15 bits per heavy atom. The van der Waals surface area contributed by atoms with Gasteiger partial charge in [-0.05, 0) is 43.6 Å². The number of rotatable bonds is 6. The molecule has 0 bridgehead atoms. The van der Waals surface area contributed by atoms with Crippen LogP contribution in [0, 0.1) is 0 Å². The van der Waals surface area contributed by atoms with Gasteiger partial charge in [0, 0.05) is 24.8 Å². The Morgan fingerprint density at radius 2 is 1.85 bits per heavy atom. The van der Waals surface area contributed by atoms with Gasteiger partial charge < -0.3 is 11.1 Å². The van der Waals surface area contributed by atoms with E-state index in [1.807, 2.05) is 6.07 Å². The molecule has 2 heterocycles. The van der Waals surface area contributed by atoms with Crippen LogP contribution in [0.5, 0.6) is 0 Å². The molecule has 0 saturated carbocycles. The molecule has 1 saturated heterocycles. The van der Waals surface area contributed by atoms with Crippen LogP contribution in [0.1, 0.15) is 40.5 Å². The van der Waals surface area contributed by atoms with Crippen LogP contribution in [0.2, 0.25) is 0 Å². The topological polar surface area (TPSA) is 71.2 Å². The van der Waals surface area contributed by atoms with Gasteiger partial charge in [-0.1, -0.05) is 30.3 Å². The van der Waals surface area contributed by atoms with Crippen LogP contribution in [0.4, 0.5) is 0 Å². The van der Waals surface area contributed by atoms with E-state index in [9.17, 15) is 4.79 Å². The maximum absolute atomic E-state index is 12.5. The molecule has 142 valence electrons. The number of likely N-dealkylation sites (tertiary alicyclic amines) is 1. The van der Waals surface area contributed by atoms with Crippen LogP contribution in [0.15, 0.2) is 48.7 Å². The van der Waals surface area contributed by atoms with Crippen molar-refractivity contribution in [3.8, 4) is 0 Å². The molecule has 1 aromatic carbocycles. The van der Waals surface area contributed by atoms with Crippen LogP contribution in [0.3, 0.4) is 0 Å². The quantitative estimate of drug-likeness (QED) is 0.786. The van der Waals surface area contributed by atoms with Gasteiger partial charge in [0.15, 0.2) is 0 Å². The summed E-state index contributed by atoms with van der Waals surface area (Å²) in [6.45, 7) is 3.11. The lowest BCUT2D eigenvalue weighted by atomic mass is 10.1. The second-order valence-corrected chi connectivity index (χ2v) is 6.12. The largest absolute Gasteiger partial charge is 0.350 e. The highest BCUT2D eigenvalue weighted by Gasteiger charge is 2.23. The van der Waals surface area contributed by atoms with E-state index < -0.39 is 0 Å². The van der Waals surface area contributed by atoms with Crippen molar-refractivity contribution in [3.05, 3.63) is 65.5 Å². The lowest BCUT2D eigenvalue weighted by Gasteiger charge is -2.28. The normalized spacial score (nSPS) is 14.8. The molecule has 2 aromatic rings. The van der Waals surface area contributed by atoms with Crippen molar-refractivity contribution in [2.75, 3.05) is 19.6 Å². The summed E-state index contributed by atoms with van der Waals surface area (Å²) in [5.41, 5.74) is 8.18. The number of carbonyl (C=O) groups excluding carboxylic acids is 1. The smallest absolute Gasteiger partial charge is 0.251 e. The molecule has 1 aromatic heterocycles. The molecule has 7 heteroatoms. The van der Waals surface area contributed by atoms with Gasteiger partial charge in [-0.25, -0.2) is 0 Å². The van der Waals surface area contributed by atoms with E-state index in [0.717, 1.165) is 18.8 Å². The molecule has 1 fully saturated rings. The average molecular weight is 397 g/mol. The Hall–Kier alpha value is -1.66. The molecule has 26 heavy (non-hydrogen) atoms. The first-order chi connectivity index (χ1) is 11.8. The Bertz CT molecular complexity index is 678. The minimum Gasteiger partial charge on any atom is -0.350 e. The fraction of sp³-hybridized carbons (Fsp3) is 0.368. The molecule has 0 aliphatic carbocycles. The number of hydrogen-bond acceptors (Lipinski definition) is 4. The van der Waals surface area contributed by atoms with E-state index in [-0.39, 0.29) is 36.8 Å². The van der Waals surface area contributed by atoms with Crippen molar-refractivity contribution < 1.29 is 4.79 Å². The number of hydrogen-bond donors (Lipinski definition) is 2. The van der Waals surface area contributed by atoms with E-state index in [0.29, 0.717) is 18.7 Å². The average Bonchev–Trinajstić information content (AvgIpc) is 3.17. The third-order valence-electron chi connectivity index (χ3n) is 4.51. The summed E-state index contributed by atoms with van der Waals surface area (Å²) >= 11 is 0. The van der Waals surface area contributed by atoms with Gasteiger partial charge in [0.1, 0.15) is 0 Å². The number of amides is 1. The third-order valence-corrected chi connectivity index (χ3v) is 4.51. The number of nitrogens with one attached hydrogen (secondary N) is 1. The molecule has 1 aliphatic heterocycles. The van der Waals surface area contributed by atoms with Gasteiger partial charge >= 0.3 is 0 Å². The first-order valence-electron chi connectivity index (χ1n) is 8.50. The lowest BCUT2D eigenvalue weighted by Crippen LogP contribution is -2.36. The fourth-order valence-corrected chi connectivity index (χ4v) is 3.21. The predicted molar refractivity (Wildman–Crippen MR) is 109 cm³/mol. The number of benzene rings is 1. The van der Waals surface area contributed by atoms with Crippen molar-refractivity contribution in [1.29, 1.82) is 0 Å². The molecule has 1 aliphatic rings. The maximum Gasteiger partial charge on any atom is 0.251 e. The number of carbonyl (C=O) groups is 1. The molecule has 3 rings (SSSR count). The van der Waals surface area contributed by atoms with E-state index in [2.05, 4.69) is 39.5 Å². The van der Waals surface area contributed by atoms with Gasteiger partial charge in [-0.3, -0.25) is 14.7 Å². The number of nitrogens with zero attached hydrogens (tertiary/aromatic N) is 2. The highest BCUT2D eigenvalue weighted by atomic mass is 35.5. The van der Waals surface area contributed by atoms with Crippen molar-refractivity contribution in [2.45, 2.75) is 25.4 Å². The molecular formula is C19H26Cl2N4O. The first kappa shape index (κ1) is 22.4. The van der Waals surface area contributed by atoms with Crippen LogP contribution in [0.25, 0.3) is 0 Å². The minimum absolute atomic E-state index is 0. The van der Waals surface area contributed by atoms with E-state index in [1.54, 1.807) is 18.3 Å². The summed E-state index contributed by atoms with van der Waals surface area (Å²) in [5.74, 6) is -0.0766.